The van der Waals surface area contributed by atoms with Crippen molar-refractivity contribution >= 4 is 11.8 Å². The Morgan fingerprint density at radius 2 is 2.00 bits per heavy atom. The number of allylic oxidation sites excluding steroid dienone is 1. The van der Waals surface area contributed by atoms with Crippen LogP contribution >= 0.6 is 11.8 Å². The molecule has 0 saturated heterocycles. The number of thioether (sulfide) groups is 1. The minimum absolute atomic E-state index is 0.602. The molecule has 6 heteroatoms. The summed E-state index contributed by atoms with van der Waals surface area (Å²) in [5.74, 6) is 4.38. The van der Waals surface area contributed by atoms with Crippen LogP contribution in [-0.2, 0) is 6.54 Å². The van der Waals surface area contributed by atoms with Crippen molar-refractivity contribution in [1.29, 1.82) is 0 Å². The maximum absolute atomic E-state index is 5.75. The van der Waals surface area contributed by atoms with E-state index in [2.05, 4.69) is 21.3 Å². The highest BCUT2D eigenvalue weighted by Crippen LogP contribution is 2.40. The summed E-state index contributed by atoms with van der Waals surface area (Å²) in [5, 5.41) is 9.69. The number of nitrogens with zero attached hydrogens (tertiary/aromatic N) is 3. The minimum atomic E-state index is 0.602. The van der Waals surface area contributed by atoms with Crippen molar-refractivity contribution in [2.45, 2.75) is 36.9 Å². The average Bonchev–Trinajstić information content (AvgIpc) is 3.38. The highest BCUT2D eigenvalue weighted by molar-refractivity contribution is 7.99. The van der Waals surface area contributed by atoms with Gasteiger partial charge in [-0.05, 0) is 43.5 Å². The average molecular weight is 345 g/mol. The van der Waals surface area contributed by atoms with E-state index in [1.54, 1.807) is 18.9 Å². The molecule has 0 N–H and O–H groups in total. The van der Waals surface area contributed by atoms with Crippen LogP contribution in [0.4, 0.5) is 0 Å². The third kappa shape index (κ3) is 4.32. The predicted octanol–water partition coefficient (Wildman–Crippen LogP) is 3.91. The van der Waals surface area contributed by atoms with Crippen molar-refractivity contribution in [3.63, 3.8) is 0 Å². The number of benzene rings is 1. The van der Waals surface area contributed by atoms with Gasteiger partial charge in [0.05, 0.1) is 13.7 Å². The van der Waals surface area contributed by atoms with Crippen LogP contribution in [0.2, 0.25) is 0 Å². The third-order valence-electron chi connectivity index (χ3n) is 3.85. The second-order valence-electron chi connectivity index (χ2n) is 5.74. The maximum atomic E-state index is 5.75. The van der Waals surface area contributed by atoms with Crippen LogP contribution in [0.3, 0.4) is 0 Å². The van der Waals surface area contributed by atoms with Crippen LogP contribution in [0.15, 0.2) is 42.1 Å². The minimum Gasteiger partial charge on any atom is -0.497 e. The SMILES string of the molecule is C=CCn1c(SCCCOc2ccc(OC)cc2)nnc1C1CC1. The van der Waals surface area contributed by atoms with E-state index in [0.717, 1.165) is 41.2 Å². The normalized spacial score (nSPS) is 13.7. The Bertz CT molecular complexity index is 665. The van der Waals surface area contributed by atoms with E-state index in [1.165, 1.54) is 12.8 Å². The van der Waals surface area contributed by atoms with Crippen molar-refractivity contribution in [3.8, 4) is 11.5 Å². The fraction of sp³-hybridized carbons (Fsp3) is 0.444. The summed E-state index contributed by atoms with van der Waals surface area (Å²) >= 11 is 1.74. The molecule has 24 heavy (non-hydrogen) atoms. The van der Waals surface area contributed by atoms with Crippen LogP contribution in [0.25, 0.3) is 0 Å². The highest BCUT2D eigenvalue weighted by Gasteiger charge is 2.29. The van der Waals surface area contributed by atoms with Gasteiger partial charge >= 0.3 is 0 Å². The second-order valence-corrected chi connectivity index (χ2v) is 6.80. The first-order valence-electron chi connectivity index (χ1n) is 8.25. The molecule has 1 heterocycles. The van der Waals surface area contributed by atoms with Gasteiger partial charge in [-0.25, -0.2) is 0 Å². The predicted molar refractivity (Wildman–Crippen MR) is 96.0 cm³/mol. The van der Waals surface area contributed by atoms with Crippen LogP contribution in [0, 0.1) is 0 Å². The molecule has 0 radical (unpaired) electrons. The van der Waals surface area contributed by atoms with Crippen LogP contribution in [0.1, 0.15) is 31.0 Å². The molecule has 1 aliphatic carbocycles. The standard InChI is InChI=1S/C18H23N3O2S/c1-3-11-21-17(14-5-6-14)19-20-18(21)24-13-4-12-23-16-9-7-15(22-2)8-10-16/h3,7-10,14H,1,4-6,11-13H2,2H3. The summed E-state index contributed by atoms with van der Waals surface area (Å²) in [6, 6.07) is 7.66. The molecule has 3 rings (SSSR count). The van der Waals surface area contributed by atoms with Gasteiger partial charge in [-0.3, -0.25) is 0 Å². The van der Waals surface area contributed by atoms with Crippen molar-refractivity contribution in [3.05, 3.63) is 42.7 Å². The Labute approximate surface area is 147 Å². The lowest BCUT2D eigenvalue weighted by atomic mass is 10.3. The van der Waals surface area contributed by atoms with Crippen LogP contribution < -0.4 is 9.47 Å². The molecule has 1 aliphatic rings. The van der Waals surface area contributed by atoms with Gasteiger partial charge < -0.3 is 14.0 Å². The lowest BCUT2D eigenvalue weighted by Crippen LogP contribution is -2.04. The van der Waals surface area contributed by atoms with Gasteiger partial charge in [-0.1, -0.05) is 17.8 Å². The van der Waals surface area contributed by atoms with Gasteiger partial charge in [0.1, 0.15) is 17.3 Å². The molecular formula is C18H23N3O2S. The van der Waals surface area contributed by atoms with Gasteiger partial charge in [0.2, 0.25) is 0 Å². The first-order valence-corrected chi connectivity index (χ1v) is 9.24. The second kappa shape index (κ2) is 8.24. The summed E-state index contributed by atoms with van der Waals surface area (Å²) in [7, 11) is 1.66. The van der Waals surface area contributed by atoms with E-state index in [-0.39, 0.29) is 0 Å². The molecule has 0 atom stereocenters. The van der Waals surface area contributed by atoms with Gasteiger partial charge in [0.15, 0.2) is 5.16 Å². The zero-order valence-electron chi connectivity index (χ0n) is 14.0. The molecule has 0 bridgehead atoms. The molecule has 1 aromatic carbocycles. The maximum Gasteiger partial charge on any atom is 0.191 e. The summed E-state index contributed by atoms with van der Waals surface area (Å²) < 4.78 is 13.1. The molecular weight excluding hydrogens is 322 g/mol. The number of hydrogen-bond acceptors (Lipinski definition) is 5. The molecule has 0 unspecified atom stereocenters. The molecule has 0 spiro atoms. The van der Waals surface area contributed by atoms with E-state index in [4.69, 9.17) is 9.47 Å². The first kappa shape index (κ1) is 16.9. The van der Waals surface area contributed by atoms with Crippen molar-refractivity contribution in [2.24, 2.45) is 0 Å². The molecule has 1 fully saturated rings. The van der Waals surface area contributed by atoms with Gasteiger partial charge in [0, 0.05) is 18.2 Å². The molecule has 1 saturated carbocycles. The number of hydrogen-bond donors (Lipinski definition) is 0. The zero-order valence-corrected chi connectivity index (χ0v) is 14.8. The monoisotopic (exact) mass is 345 g/mol. The van der Waals surface area contributed by atoms with Gasteiger partial charge in [-0.2, -0.15) is 0 Å². The molecule has 1 aromatic heterocycles. The fourth-order valence-electron chi connectivity index (χ4n) is 2.44. The largest absolute Gasteiger partial charge is 0.497 e. The zero-order chi connectivity index (χ0) is 16.8. The fourth-order valence-corrected chi connectivity index (χ4v) is 3.30. The van der Waals surface area contributed by atoms with E-state index >= 15 is 0 Å². The molecule has 5 nitrogen and oxygen atoms in total. The van der Waals surface area contributed by atoms with E-state index in [0.29, 0.717) is 12.5 Å². The molecule has 0 aliphatic heterocycles. The van der Waals surface area contributed by atoms with Crippen molar-refractivity contribution < 1.29 is 9.47 Å². The highest BCUT2D eigenvalue weighted by atomic mass is 32.2. The summed E-state index contributed by atoms with van der Waals surface area (Å²) in [6.45, 7) is 5.30. The molecule has 2 aromatic rings. The van der Waals surface area contributed by atoms with Crippen molar-refractivity contribution in [1.82, 2.24) is 14.8 Å². The Hall–Kier alpha value is -1.95. The summed E-state index contributed by atoms with van der Waals surface area (Å²) in [6.07, 6.45) is 5.33. The van der Waals surface area contributed by atoms with E-state index in [9.17, 15) is 0 Å². The topological polar surface area (TPSA) is 49.2 Å². The van der Waals surface area contributed by atoms with Gasteiger partial charge in [0.25, 0.3) is 0 Å². The van der Waals surface area contributed by atoms with E-state index < -0.39 is 0 Å². The lowest BCUT2D eigenvalue weighted by Gasteiger charge is -2.08. The van der Waals surface area contributed by atoms with Gasteiger partial charge in [-0.15, -0.1) is 16.8 Å². The number of aromatic nitrogens is 3. The smallest absolute Gasteiger partial charge is 0.191 e. The number of methoxy groups -OCH3 is 1. The Balaban J connectivity index is 1.43. The van der Waals surface area contributed by atoms with Crippen molar-refractivity contribution in [2.75, 3.05) is 19.5 Å². The number of rotatable bonds is 10. The van der Waals surface area contributed by atoms with Crippen LogP contribution in [0.5, 0.6) is 11.5 Å². The van der Waals surface area contributed by atoms with Crippen LogP contribution in [-0.4, -0.2) is 34.2 Å². The van der Waals surface area contributed by atoms with E-state index in [1.807, 2.05) is 30.3 Å². The third-order valence-corrected chi connectivity index (χ3v) is 4.90. The Kier molecular flexibility index (Phi) is 5.80. The quantitative estimate of drug-likeness (QED) is 0.371. The lowest BCUT2D eigenvalue weighted by molar-refractivity contribution is 0.318. The first-order chi connectivity index (χ1) is 11.8. The molecule has 128 valence electrons. The Morgan fingerprint density at radius 1 is 1.25 bits per heavy atom. The summed E-state index contributed by atoms with van der Waals surface area (Å²) in [4.78, 5) is 0. The Morgan fingerprint density at radius 3 is 2.67 bits per heavy atom. The summed E-state index contributed by atoms with van der Waals surface area (Å²) in [5.41, 5.74) is 0. The number of ether oxygens (including phenoxy) is 2. The molecule has 0 amide bonds.